The molecule has 0 unspecified atom stereocenters. The predicted molar refractivity (Wildman–Crippen MR) is 100 cm³/mol. The van der Waals surface area contributed by atoms with Gasteiger partial charge in [0.05, 0.1) is 6.54 Å². The molecule has 1 heterocycles. The van der Waals surface area contributed by atoms with Gasteiger partial charge in [0.2, 0.25) is 0 Å². The third kappa shape index (κ3) is 4.39. The Morgan fingerprint density at radius 2 is 2.04 bits per heavy atom. The zero-order valence-corrected chi connectivity index (χ0v) is 14.5. The minimum absolute atomic E-state index is 0.301. The second-order valence-electron chi connectivity index (χ2n) is 5.52. The third-order valence-corrected chi connectivity index (χ3v) is 3.92. The largest absolute Gasteiger partial charge is 0.489 e. The molecule has 0 radical (unpaired) electrons. The molecule has 0 spiro atoms. The van der Waals surface area contributed by atoms with E-state index >= 15 is 0 Å². The summed E-state index contributed by atoms with van der Waals surface area (Å²) in [5.74, 6) is 0.700. The van der Waals surface area contributed by atoms with Crippen LogP contribution in [0.3, 0.4) is 0 Å². The summed E-state index contributed by atoms with van der Waals surface area (Å²) in [4.78, 5) is 16.3. The van der Waals surface area contributed by atoms with Gasteiger partial charge >= 0.3 is 6.03 Å². The van der Waals surface area contributed by atoms with Gasteiger partial charge in [-0.1, -0.05) is 35.9 Å². The monoisotopic (exact) mass is 355 g/mol. The quantitative estimate of drug-likeness (QED) is 0.667. The maximum atomic E-state index is 12.0. The third-order valence-electron chi connectivity index (χ3n) is 3.69. The molecule has 0 aliphatic rings. The number of rotatable bonds is 5. The van der Waals surface area contributed by atoms with Crippen molar-refractivity contribution in [1.29, 1.82) is 0 Å². The van der Waals surface area contributed by atoms with Crippen LogP contribution in [0.4, 0.5) is 10.5 Å². The average Bonchev–Trinajstić information content (AvgIpc) is 2.62. The molecule has 0 aliphatic carbocycles. The Labute approximate surface area is 151 Å². The van der Waals surface area contributed by atoms with E-state index in [9.17, 15) is 4.79 Å². The number of halogens is 1. The Bertz CT molecular complexity index is 893. The number of urea groups is 1. The number of benzene rings is 2. The van der Waals surface area contributed by atoms with E-state index in [0.29, 0.717) is 29.6 Å². The Morgan fingerprint density at radius 3 is 2.92 bits per heavy atom. The van der Waals surface area contributed by atoms with Crippen molar-refractivity contribution in [3.05, 3.63) is 65.3 Å². The number of aromatic nitrogens is 1. The van der Waals surface area contributed by atoms with Crippen LogP contribution in [-0.4, -0.2) is 24.2 Å². The van der Waals surface area contributed by atoms with Crippen LogP contribution in [0.5, 0.6) is 5.75 Å². The molecule has 6 heteroatoms. The van der Waals surface area contributed by atoms with Crippen LogP contribution in [0.15, 0.2) is 54.7 Å². The number of fused-ring (bicyclic) bond motifs is 1. The van der Waals surface area contributed by atoms with Crippen LogP contribution in [-0.2, 0) is 0 Å². The van der Waals surface area contributed by atoms with Gasteiger partial charge in [-0.2, -0.15) is 0 Å². The van der Waals surface area contributed by atoms with Gasteiger partial charge in [0.1, 0.15) is 17.9 Å². The van der Waals surface area contributed by atoms with Crippen LogP contribution in [0.25, 0.3) is 10.9 Å². The summed E-state index contributed by atoms with van der Waals surface area (Å²) < 4.78 is 5.74. The van der Waals surface area contributed by atoms with Crippen molar-refractivity contribution in [1.82, 2.24) is 10.3 Å². The van der Waals surface area contributed by atoms with Gasteiger partial charge in [-0.3, -0.25) is 4.98 Å². The number of aryl methyl sites for hydroxylation is 1. The molecule has 0 aliphatic heterocycles. The van der Waals surface area contributed by atoms with Crippen LogP contribution in [0.2, 0.25) is 5.02 Å². The Morgan fingerprint density at radius 1 is 1.20 bits per heavy atom. The molecule has 3 rings (SSSR count). The highest BCUT2D eigenvalue weighted by atomic mass is 35.5. The van der Waals surface area contributed by atoms with E-state index in [2.05, 4.69) is 15.6 Å². The number of ether oxygens (including phenoxy) is 1. The van der Waals surface area contributed by atoms with E-state index in [0.717, 1.165) is 16.5 Å². The molecule has 128 valence electrons. The first-order chi connectivity index (χ1) is 12.1. The number of carbonyl (C=O) groups excluding carboxylic acids is 1. The molecular formula is C19H18ClN3O2. The topological polar surface area (TPSA) is 63.2 Å². The first-order valence-corrected chi connectivity index (χ1v) is 8.29. The molecule has 3 aromatic rings. The number of hydrogen-bond donors (Lipinski definition) is 2. The van der Waals surface area contributed by atoms with Crippen LogP contribution >= 0.6 is 11.6 Å². The molecule has 2 N–H and O–H groups in total. The maximum absolute atomic E-state index is 12.0. The van der Waals surface area contributed by atoms with Crippen molar-refractivity contribution in [3.63, 3.8) is 0 Å². The molecule has 1 aromatic heterocycles. The Balaban J connectivity index is 1.51. The molecule has 0 fully saturated rings. The summed E-state index contributed by atoms with van der Waals surface area (Å²) in [5.41, 5.74) is 2.44. The molecule has 0 atom stereocenters. The number of pyridine rings is 1. The Kier molecular flexibility index (Phi) is 5.36. The number of nitrogens with one attached hydrogen (secondary N) is 2. The zero-order valence-electron chi connectivity index (χ0n) is 13.8. The standard InChI is InChI=1S/C19H18ClN3O2/c1-13-7-8-15(20)12-16(13)23-19(24)22-10-11-25-17-6-2-4-14-5-3-9-21-18(14)17/h2-9,12H,10-11H2,1H3,(H2,22,23,24). The SMILES string of the molecule is Cc1ccc(Cl)cc1NC(=O)NCCOc1cccc2cccnc12. The predicted octanol–water partition coefficient (Wildman–Crippen LogP) is 4.40. The lowest BCUT2D eigenvalue weighted by molar-refractivity contribution is 0.247. The molecule has 0 bridgehead atoms. The summed E-state index contributed by atoms with van der Waals surface area (Å²) in [5, 5.41) is 7.13. The molecule has 2 amide bonds. The van der Waals surface area contributed by atoms with E-state index in [1.165, 1.54) is 0 Å². The number of para-hydroxylation sites is 1. The van der Waals surface area contributed by atoms with Gasteiger partial charge in [0, 0.05) is 22.3 Å². The number of nitrogens with zero attached hydrogens (tertiary/aromatic N) is 1. The van der Waals surface area contributed by atoms with Crippen LogP contribution in [0, 0.1) is 6.92 Å². The normalized spacial score (nSPS) is 10.5. The minimum Gasteiger partial charge on any atom is -0.489 e. The molecule has 5 nitrogen and oxygen atoms in total. The summed E-state index contributed by atoms with van der Waals surface area (Å²) >= 11 is 5.94. The van der Waals surface area contributed by atoms with Crippen molar-refractivity contribution < 1.29 is 9.53 Å². The van der Waals surface area contributed by atoms with Gasteiger partial charge in [-0.25, -0.2) is 4.79 Å². The summed E-state index contributed by atoms with van der Waals surface area (Å²) in [6.45, 7) is 2.62. The van der Waals surface area contributed by atoms with Gasteiger partial charge in [-0.15, -0.1) is 0 Å². The van der Waals surface area contributed by atoms with Gasteiger partial charge in [0.25, 0.3) is 0 Å². The number of carbonyl (C=O) groups is 1. The summed E-state index contributed by atoms with van der Waals surface area (Å²) in [7, 11) is 0. The second-order valence-corrected chi connectivity index (χ2v) is 5.96. The van der Waals surface area contributed by atoms with Crippen molar-refractivity contribution in [2.24, 2.45) is 0 Å². The molecule has 0 saturated heterocycles. The fourth-order valence-electron chi connectivity index (χ4n) is 2.41. The second kappa shape index (κ2) is 7.85. The average molecular weight is 356 g/mol. The highest BCUT2D eigenvalue weighted by Crippen LogP contribution is 2.22. The lowest BCUT2D eigenvalue weighted by Crippen LogP contribution is -2.32. The van der Waals surface area contributed by atoms with E-state index in [1.807, 2.05) is 43.3 Å². The Hall–Kier alpha value is -2.79. The van der Waals surface area contributed by atoms with E-state index < -0.39 is 0 Å². The van der Waals surface area contributed by atoms with Crippen molar-refractivity contribution in [2.45, 2.75) is 6.92 Å². The lowest BCUT2D eigenvalue weighted by atomic mass is 10.2. The van der Waals surface area contributed by atoms with Gasteiger partial charge < -0.3 is 15.4 Å². The molecule has 2 aromatic carbocycles. The van der Waals surface area contributed by atoms with E-state index in [1.54, 1.807) is 18.3 Å². The fourth-order valence-corrected chi connectivity index (χ4v) is 2.59. The summed E-state index contributed by atoms with van der Waals surface area (Å²) in [6, 6.07) is 14.7. The minimum atomic E-state index is -0.301. The number of hydrogen-bond acceptors (Lipinski definition) is 3. The first-order valence-electron chi connectivity index (χ1n) is 7.91. The van der Waals surface area contributed by atoms with E-state index in [4.69, 9.17) is 16.3 Å². The molecule has 0 saturated carbocycles. The highest BCUT2D eigenvalue weighted by molar-refractivity contribution is 6.31. The highest BCUT2D eigenvalue weighted by Gasteiger charge is 2.06. The summed E-state index contributed by atoms with van der Waals surface area (Å²) in [6.07, 6.45) is 1.73. The number of amides is 2. The molecule has 25 heavy (non-hydrogen) atoms. The number of anilines is 1. The van der Waals surface area contributed by atoms with E-state index in [-0.39, 0.29) is 6.03 Å². The van der Waals surface area contributed by atoms with Gasteiger partial charge in [-0.05, 0) is 36.8 Å². The first kappa shape index (κ1) is 17.0. The van der Waals surface area contributed by atoms with Crippen molar-refractivity contribution >= 4 is 34.2 Å². The molecular weight excluding hydrogens is 338 g/mol. The smallest absolute Gasteiger partial charge is 0.319 e. The van der Waals surface area contributed by atoms with Crippen molar-refractivity contribution in [2.75, 3.05) is 18.5 Å². The lowest BCUT2D eigenvalue weighted by Gasteiger charge is -2.11. The van der Waals surface area contributed by atoms with Crippen molar-refractivity contribution in [3.8, 4) is 5.75 Å². The zero-order chi connectivity index (χ0) is 17.6. The maximum Gasteiger partial charge on any atom is 0.319 e. The van der Waals surface area contributed by atoms with Crippen LogP contribution in [0.1, 0.15) is 5.56 Å². The fraction of sp³-hybridized carbons (Fsp3) is 0.158. The van der Waals surface area contributed by atoms with Crippen LogP contribution < -0.4 is 15.4 Å². The van der Waals surface area contributed by atoms with Gasteiger partial charge in [0.15, 0.2) is 0 Å².